The van der Waals surface area contributed by atoms with E-state index in [2.05, 4.69) is 5.32 Å². The normalized spacial score (nSPS) is 14.3. The molecule has 0 aliphatic carbocycles. The zero-order chi connectivity index (χ0) is 18.9. The molecule has 27 heavy (non-hydrogen) atoms. The summed E-state index contributed by atoms with van der Waals surface area (Å²) in [5.74, 6) is -2.04. The van der Waals surface area contributed by atoms with E-state index >= 15 is 0 Å². The lowest BCUT2D eigenvalue weighted by atomic mass is 10.1. The first-order chi connectivity index (χ1) is 12.5. The van der Waals surface area contributed by atoms with Crippen molar-refractivity contribution in [2.45, 2.75) is 6.04 Å². The van der Waals surface area contributed by atoms with Crippen molar-refractivity contribution in [2.24, 2.45) is 5.73 Å². The molecule has 148 valence electrons. The van der Waals surface area contributed by atoms with Gasteiger partial charge in [-0.15, -0.1) is 12.4 Å². The highest BCUT2D eigenvalue weighted by atomic mass is 35.5. The van der Waals surface area contributed by atoms with Crippen LogP contribution in [-0.4, -0.2) is 61.2 Å². The molecule has 9 heteroatoms. The molecule has 3 rings (SSSR count). The minimum atomic E-state index is -1.07. The van der Waals surface area contributed by atoms with E-state index in [0.717, 1.165) is 42.9 Å². The van der Waals surface area contributed by atoms with Crippen molar-refractivity contribution in [2.75, 3.05) is 38.3 Å². The lowest BCUT2D eigenvalue weighted by molar-refractivity contribution is -0.138. The van der Waals surface area contributed by atoms with Gasteiger partial charge in [-0.2, -0.15) is 0 Å². The van der Waals surface area contributed by atoms with Gasteiger partial charge in [-0.05, 0) is 35.0 Å². The van der Waals surface area contributed by atoms with Gasteiger partial charge in [-0.3, -0.25) is 4.79 Å². The second-order valence-electron chi connectivity index (χ2n) is 5.63. The number of carbonyl (C=O) groups is 2. The summed E-state index contributed by atoms with van der Waals surface area (Å²) in [6.07, 6.45) is 0. The van der Waals surface area contributed by atoms with Crippen LogP contribution >= 0.6 is 12.4 Å². The molecule has 0 aromatic heterocycles. The molecule has 0 unspecified atom stereocenters. The molecule has 1 aliphatic rings. The van der Waals surface area contributed by atoms with E-state index < -0.39 is 18.0 Å². The number of aliphatic carboxylic acids is 1. The van der Waals surface area contributed by atoms with Crippen LogP contribution in [0.2, 0.25) is 0 Å². The molecule has 2 aromatic carbocycles. The van der Waals surface area contributed by atoms with E-state index in [9.17, 15) is 9.59 Å². The van der Waals surface area contributed by atoms with Gasteiger partial charge < -0.3 is 30.7 Å². The molecule has 0 bridgehead atoms. The van der Waals surface area contributed by atoms with Gasteiger partial charge in [-0.1, -0.05) is 12.1 Å². The first-order valence-corrected chi connectivity index (χ1v) is 8.12. The Hall–Kier alpha value is -2.39. The van der Waals surface area contributed by atoms with Gasteiger partial charge in [-0.25, -0.2) is 4.79 Å². The van der Waals surface area contributed by atoms with Gasteiger partial charge in [0.2, 0.25) is 0 Å². The van der Waals surface area contributed by atoms with Gasteiger partial charge in [0.1, 0.15) is 6.04 Å². The third-order valence-electron chi connectivity index (χ3n) is 3.67. The number of ether oxygens (including phenoxy) is 2. The highest BCUT2D eigenvalue weighted by Crippen LogP contribution is 2.20. The maximum atomic E-state index is 10.9. The van der Waals surface area contributed by atoms with E-state index in [4.69, 9.17) is 25.4 Å². The monoisotopic (exact) mass is 398 g/mol. The predicted octanol–water partition coefficient (Wildman–Crippen LogP) is 1.82. The topological polar surface area (TPSA) is 131 Å². The highest BCUT2D eigenvalue weighted by molar-refractivity contribution is 5.95. The van der Waals surface area contributed by atoms with E-state index in [0.29, 0.717) is 0 Å². The second kappa shape index (κ2) is 11.3. The maximum Gasteiger partial charge on any atom is 0.335 e. The highest BCUT2D eigenvalue weighted by Gasteiger charge is 2.10. The Kier molecular flexibility index (Phi) is 9.52. The minimum absolute atomic E-state index is 0. The summed E-state index contributed by atoms with van der Waals surface area (Å²) in [4.78, 5) is 21.5. The summed E-state index contributed by atoms with van der Waals surface area (Å²) in [6, 6.07) is 9.19. The Morgan fingerprint density at radius 3 is 2.07 bits per heavy atom. The largest absolute Gasteiger partial charge is 0.480 e. The molecule has 0 amide bonds. The Bertz CT molecular complexity index is 755. The van der Waals surface area contributed by atoms with Crippen LogP contribution in [-0.2, 0) is 14.3 Å². The summed E-state index contributed by atoms with van der Waals surface area (Å²) in [5, 5.41) is 22.2. The molecule has 1 aliphatic heterocycles. The average molecular weight is 399 g/mol. The van der Waals surface area contributed by atoms with Crippen LogP contribution < -0.4 is 11.1 Å². The lowest BCUT2D eigenvalue weighted by Gasteiger charge is -2.10. The van der Waals surface area contributed by atoms with Crippen molar-refractivity contribution >= 4 is 40.8 Å². The Morgan fingerprint density at radius 2 is 1.56 bits per heavy atom. The van der Waals surface area contributed by atoms with Crippen molar-refractivity contribution in [1.29, 1.82) is 0 Å². The van der Waals surface area contributed by atoms with Crippen molar-refractivity contribution in [3.8, 4) is 0 Å². The van der Waals surface area contributed by atoms with Crippen LogP contribution in [0.4, 0.5) is 5.69 Å². The van der Waals surface area contributed by atoms with Crippen molar-refractivity contribution in [3.05, 3.63) is 42.0 Å². The number of aromatic carboxylic acids is 1. The number of carboxylic acid groups (broad SMARTS) is 2. The van der Waals surface area contributed by atoms with E-state index in [1.807, 2.05) is 6.07 Å². The first-order valence-electron chi connectivity index (χ1n) is 8.12. The standard InChI is InChI=1S/C14H14N2O4.C4H8O2.ClH/c15-12(14(19)20)7-16-11-4-3-8-5-10(13(17)18)2-1-9(8)6-11;1-2-6-4-3-5-1;/h1-6,12,16H,7,15H2,(H,17,18)(H,19,20);1-4H2;1H/t12-;;/m0../s1. The zero-order valence-electron chi connectivity index (χ0n) is 14.6. The van der Waals surface area contributed by atoms with Gasteiger partial charge in [0.15, 0.2) is 0 Å². The number of benzene rings is 2. The van der Waals surface area contributed by atoms with Gasteiger partial charge >= 0.3 is 11.9 Å². The van der Waals surface area contributed by atoms with Crippen LogP contribution in [0.1, 0.15) is 10.4 Å². The summed E-state index contributed by atoms with van der Waals surface area (Å²) in [6.45, 7) is 3.23. The number of rotatable bonds is 5. The summed E-state index contributed by atoms with van der Waals surface area (Å²) in [7, 11) is 0. The quantitative estimate of drug-likeness (QED) is 0.599. The van der Waals surface area contributed by atoms with Crippen LogP contribution in [0.25, 0.3) is 10.8 Å². The molecule has 1 heterocycles. The summed E-state index contributed by atoms with van der Waals surface area (Å²) >= 11 is 0. The van der Waals surface area contributed by atoms with Crippen molar-refractivity contribution < 1.29 is 29.3 Å². The lowest BCUT2D eigenvalue weighted by Crippen LogP contribution is -2.36. The van der Waals surface area contributed by atoms with Crippen molar-refractivity contribution in [1.82, 2.24) is 0 Å². The molecular weight excluding hydrogens is 376 g/mol. The van der Waals surface area contributed by atoms with Crippen LogP contribution in [0, 0.1) is 0 Å². The van der Waals surface area contributed by atoms with Gasteiger partial charge in [0.05, 0.1) is 32.0 Å². The van der Waals surface area contributed by atoms with E-state index in [1.54, 1.807) is 24.3 Å². The Labute approximate surface area is 162 Å². The molecule has 1 saturated heterocycles. The maximum absolute atomic E-state index is 10.9. The van der Waals surface area contributed by atoms with Gasteiger partial charge in [0.25, 0.3) is 0 Å². The number of halogens is 1. The number of hydrogen-bond donors (Lipinski definition) is 4. The SMILES string of the molecule is C1COCCO1.Cl.N[C@@H](CNc1ccc2cc(C(=O)O)ccc2c1)C(=O)O. The molecule has 0 radical (unpaired) electrons. The minimum Gasteiger partial charge on any atom is -0.480 e. The van der Waals surface area contributed by atoms with Crippen LogP contribution in [0.3, 0.4) is 0 Å². The number of nitrogens with one attached hydrogen (secondary N) is 1. The Morgan fingerprint density at radius 1 is 1.00 bits per heavy atom. The van der Waals surface area contributed by atoms with Crippen LogP contribution in [0.15, 0.2) is 36.4 Å². The van der Waals surface area contributed by atoms with Crippen LogP contribution in [0.5, 0.6) is 0 Å². The number of anilines is 1. The number of fused-ring (bicyclic) bond motifs is 1. The predicted molar refractivity (Wildman–Crippen MR) is 104 cm³/mol. The molecule has 0 spiro atoms. The number of hydrogen-bond acceptors (Lipinski definition) is 6. The fourth-order valence-electron chi connectivity index (χ4n) is 2.24. The second-order valence-corrected chi connectivity index (χ2v) is 5.63. The molecule has 0 saturated carbocycles. The fraction of sp³-hybridized carbons (Fsp3) is 0.333. The van der Waals surface area contributed by atoms with Gasteiger partial charge in [0, 0.05) is 12.2 Å². The molecule has 2 aromatic rings. The summed E-state index contributed by atoms with van der Waals surface area (Å²) < 4.78 is 9.89. The fourth-order valence-corrected chi connectivity index (χ4v) is 2.24. The van der Waals surface area contributed by atoms with Crippen molar-refractivity contribution in [3.63, 3.8) is 0 Å². The van der Waals surface area contributed by atoms with E-state index in [1.165, 1.54) is 6.07 Å². The number of nitrogens with two attached hydrogens (primary N) is 1. The molecule has 5 N–H and O–H groups in total. The smallest absolute Gasteiger partial charge is 0.335 e. The zero-order valence-corrected chi connectivity index (χ0v) is 15.4. The summed E-state index contributed by atoms with van der Waals surface area (Å²) in [5.41, 5.74) is 6.36. The third-order valence-corrected chi connectivity index (χ3v) is 3.67. The molecule has 8 nitrogen and oxygen atoms in total. The molecule has 1 fully saturated rings. The third kappa shape index (κ3) is 7.40. The number of carboxylic acids is 2. The molecule has 1 atom stereocenters. The molecular formula is C18H23ClN2O6. The first kappa shape index (κ1) is 22.7. The Balaban J connectivity index is 0.000000444. The van der Waals surface area contributed by atoms with E-state index in [-0.39, 0.29) is 24.5 Å². The average Bonchev–Trinajstić information content (AvgIpc) is 2.67.